The lowest BCUT2D eigenvalue weighted by Crippen LogP contribution is -2.66. The van der Waals surface area contributed by atoms with Gasteiger partial charge in [0.15, 0.2) is 7.85 Å². The molecule has 0 aromatic carbocycles. The molecule has 0 saturated carbocycles. The van der Waals surface area contributed by atoms with Crippen LogP contribution in [-0.4, -0.2) is 78.7 Å². The van der Waals surface area contributed by atoms with E-state index in [1.807, 2.05) is 0 Å². The molecule has 20 heavy (non-hydrogen) atoms. The van der Waals surface area contributed by atoms with Crippen LogP contribution in [0.25, 0.3) is 0 Å². The quantitative estimate of drug-likeness (QED) is 0.486. The largest absolute Gasteiger partial charge is 0.269 e. The highest BCUT2D eigenvalue weighted by Gasteiger charge is 2.28. The van der Waals surface area contributed by atoms with Gasteiger partial charge in [-0.25, -0.2) is 0 Å². The molecule has 0 amide bonds. The molecule has 0 atom stereocenters. The van der Waals surface area contributed by atoms with Gasteiger partial charge in [-0.15, -0.1) is 5.46 Å². The van der Waals surface area contributed by atoms with Crippen molar-refractivity contribution < 1.29 is 0 Å². The summed E-state index contributed by atoms with van der Waals surface area (Å²) in [6.45, 7) is 8.01. The summed E-state index contributed by atoms with van der Waals surface area (Å²) in [6.07, 6.45) is 0. The van der Waals surface area contributed by atoms with Crippen molar-refractivity contribution in [2.75, 3.05) is 0 Å². The van der Waals surface area contributed by atoms with Crippen molar-refractivity contribution in [3.63, 3.8) is 0 Å². The van der Waals surface area contributed by atoms with Gasteiger partial charge in [0.2, 0.25) is 0 Å². The number of aromatic nitrogens is 1. The highest BCUT2D eigenvalue weighted by Crippen LogP contribution is 2.16. The maximum atomic E-state index is 5.03. The number of rotatable bonds is 4. The lowest BCUT2D eigenvalue weighted by atomic mass is 9.00. The van der Waals surface area contributed by atoms with Gasteiger partial charge in [-0.05, 0) is 5.59 Å². The second-order valence-corrected chi connectivity index (χ2v) is 7.42. The molecule has 0 aliphatic heterocycles. The van der Waals surface area contributed by atoms with Crippen LogP contribution in [-0.2, 0) is 5.41 Å². The van der Waals surface area contributed by atoms with E-state index in [-0.39, 0.29) is 5.41 Å². The average molecular weight is 253 g/mol. The summed E-state index contributed by atoms with van der Waals surface area (Å²) in [7, 11) is 16.0. The van der Waals surface area contributed by atoms with Gasteiger partial charge < -0.3 is 0 Å². The molecule has 0 saturated heterocycles. The van der Waals surface area contributed by atoms with Crippen LogP contribution in [0.4, 0.5) is 0 Å². The summed E-state index contributed by atoms with van der Waals surface area (Å²) < 4.78 is 0. The monoisotopic (exact) mass is 255 g/mol. The maximum absolute atomic E-state index is 5.03. The fraction of sp³-hybridized carbons (Fsp3) is 0.444. The Kier molecular flexibility index (Phi) is 5.99. The number of pyridine rings is 1. The Morgan fingerprint density at radius 3 is 1.95 bits per heavy atom. The Balaban J connectivity index is 3.79. The second kappa shape index (κ2) is 6.71. The van der Waals surface area contributed by atoms with Crippen LogP contribution in [0.5, 0.6) is 0 Å². The third-order valence-corrected chi connectivity index (χ3v) is 4.33. The normalized spacial score (nSPS) is 10.9. The Morgan fingerprint density at radius 2 is 1.60 bits per heavy atom. The average Bonchev–Trinajstić information content (AvgIpc) is 2.35. The van der Waals surface area contributed by atoms with Crippen molar-refractivity contribution in [1.82, 2.24) is 4.98 Å². The zero-order chi connectivity index (χ0) is 15.7. The Morgan fingerprint density at radius 1 is 1.05 bits per heavy atom. The first kappa shape index (κ1) is 17.8. The molecule has 11 heteroatoms. The smallest absolute Gasteiger partial charge is 0.163 e. The third-order valence-electron chi connectivity index (χ3n) is 4.33. The number of hydrogen-bond acceptors (Lipinski definition) is 1. The molecule has 94 valence electrons. The molecule has 0 fully saturated rings. The summed E-state index contributed by atoms with van der Waals surface area (Å²) in [4.78, 5) is 5.03. The van der Waals surface area contributed by atoms with E-state index >= 15 is 0 Å². The van der Waals surface area contributed by atoms with Crippen molar-refractivity contribution in [2.45, 2.75) is 26.2 Å². The molecular weight excluding hydrogens is 230 g/mol. The number of nitrogens with zero attached hydrogens (tertiary/aromatic N) is 1. The van der Waals surface area contributed by atoms with Crippen molar-refractivity contribution in [1.29, 1.82) is 0 Å². The van der Waals surface area contributed by atoms with Crippen molar-refractivity contribution in [2.24, 2.45) is 0 Å². The van der Waals surface area contributed by atoms with Gasteiger partial charge in [-0.3, -0.25) is 4.98 Å². The minimum atomic E-state index is 0.111. The number of hydrogen-bond donors (Lipinski definition) is 0. The maximum Gasteiger partial charge on any atom is 0.163 e. The fourth-order valence-electron chi connectivity index (χ4n) is 3.16. The molecule has 1 rings (SSSR count). The van der Waals surface area contributed by atoms with Crippen LogP contribution >= 0.6 is 0 Å². The molecule has 1 aromatic heterocycles. The minimum absolute atomic E-state index is 0.111. The van der Waals surface area contributed by atoms with Gasteiger partial charge in [0.05, 0.1) is 58.7 Å². The summed E-state index contributed by atoms with van der Waals surface area (Å²) in [6, 6.07) is 0. The summed E-state index contributed by atoms with van der Waals surface area (Å²) in [5.41, 5.74) is 7.22. The molecular formula is C9H23B10N. The lowest BCUT2D eigenvalue weighted by molar-refractivity contribution is 0.575. The lowest BCUT2D eigenvalue weighted by Gasteiger charge is -2.31. The van der Waals surface area contributed by atoms with Crippen LogP contribution in [0.2, 0.25) is 0 Å². The van der Waals surface area contributed by atoms with Crippen LogP contribution < -0.4 is 22.0 Å². The van der Waals surface area contributed by atoms with E-state index in [9.17, 15) is 0 Å². The van der Waals surface area contributed by atoms with E-state index in [0.29, 0.717) is 13.0 Å². The van der Waals surface area contributed by atoms with Crippen LogP contribution in [0.15, 0.2) is 0 Å². The van der Waals surface area contributed by atoms with E-state index < -0.39 is 0 Å². The molecule has 0 aliphatic carbocycles. The van der Waals surface area contributed by atoms with Crippen molar-refractivity contribution >= 4 is 95.7 Å². The van der Waals surface area contributed by atoms with Crippen molar-refractivity contribution in [3.05, 3.63) is 5.69 Å². The Bertz CT molecular complexity index is 483. The SMILES string of the molecule is BBB(B)c1c(C(C)(C)C)nc(B)c(BB)c1B(B)B. The van der Waals surface area contributed by atoms with E-state index in [4.69, 9.17) is 4.98 Å². The first-order valence-corrected chi connectivity index (χ1v) is 8.18. The molecule has 1 aromatic rings. The molecule has 1 nitrogen and oxygen atoms in total. The van der Waals surface area contributed by atoms with E-state index in [2.05, 4.69) is 67.3 Å². The highest BCUT2D eigenvalue weighted by molar-refractivity contribution is 7.52. The molecule has 0 aliphatic rings. The first-order chi connectivity index (χ1) is 9.15. The third kappa shape index (κ3) is 3.52. The fourth-order valence-corrected chi connectivity index (χ4v) is 3.16. The van der Waals surface area contributed by atoms with Gasteiger partial charge in [0.25, 0.3) is 0 Å². The summed E-state index contributed by atoms with van der Waals surface area (Å²) in [5.74, 6) is 0. The van der Waals surface area contributed by atoms with E-state index in [1.54, 1.807) is 5.46 Å². The summed E-state index contributed by atoms with van der Waals surface area (Å²) >= 11 is 0. The zero-order valence-electron chi connectivity index (χ0n) is 15.0. The minimum Gasteiger partial charge on any atom is -0.269 e. The summed E-state index contributed by atoms with van der Waals surface area (Å²) in [5, 5.41) is 0. The highest BCUT2D eigenvalue weighted by atomic mass is 14.7. The van der Waals surface area contributed by atoms with E-state index in [1.165, 1.54) is 29.3 Å². The van der Waals surface area contributed by atoms with Gasteiger partial charge in [0.1, 0.15) is 7.17 Å². The topological polar surface area (TPSA) is 12.9 Å². The van der Waals surface area contributed by atoms with Crippen LogP contribution in [0, 0.1) is 0 Å². The van der Waals surface area contributed by atoms with E-state index in [0.717, 1.165) is 7.17 Å². The predicted molar refractivity (Wildman–Crippen MR) is 119 cm³/mol. The molecule has 0 spiro atoms. The van der Waals surface area contributed by atoms with Crippen molar-refractivity contribution in [3.8, 4) is 0 Å². The molecule has 1 heterocycles. The zero-order valence-corrected chi connectivity index (χ0v) is 15.0. The second-order valence-electron chi connectivity index (χ2n) is 7.42. The van der Waals surface area contributed by atoms with Gasteiger partial charge >= 0.3 is 0 Å². The van der Waals surface area contributed by atoms with Crippen LogP contribution in [0.1, 0.15) is 26.5 Å². The Labute approximate surface area is 133 Å². The van der Waals surface area contributed by atoms with Gasteiger partial charge in [-0.1, -0.05) is 31.7 Å². The standard InChI is InChI=1S/C9H23B10N/c1-9(2,3)7-6(19(15)17-12)5(18(13)14)4(16-11)8(10)20-7/h16-17H,10-15H2,1-3H3. The first-order valence-electron chi connectivity index (χ1n) is 8.18. The Hall–Kier alpha value is -0.201. The molecule has 0 unspecified atom stereocenters. The van der Waals surface area contributed by atoms with Crippen LogP contribution in [0.3, 0.4) is 0 Å². The molecule has 0 radical (unpaired) electrons. The molecule has 0 N–H and O–H groups in total. The molecule has 0 bridgehead atoms. The van der Waals surface area contributed by atoms with Gasteiger partial charge in [-0.2, -0.15) is 0 Å². The predicted octanol–water partition coefficient (Wildman–Crippen LogP) is -8.48. The van der Waals surface area contributed by atoms with Gasteiger partial charge in [0, 0.05) is 11.1 Å².